The summed E-state index contributed by atoms with van der Waals surface area (Å²) in [4.78, 5) is 21.3. The van der Waals surface area contributed by atoms with Gasteiger partial charge in [-0.1, -0.05) is 35.5 Å². The fourth-order valence-electron chi connectivity index (χ4n) is 3.98. The molecular formula is C26H32N6O6. The van der Waals surface area contributed by atoms with Gasteiger partial charge in [0, 0.05) is 29.9 Å². The number of amides is 1. The second-order valence-corrected chi connectivity index (χ2v) is 8.53. The van der Waals surface area contributed by atoms with E-state index in [0.29, 0.717) is 35.5 Å². The molecule has 2 aromatic carbocycles. The Kier molecular flexibility index (Phi) is 10.6. The van der Waals surface area contributed by atoms with Gasteiger partial charge >= 0.3 is 0 Å². The van der Waals surface area contributed by atoms with Crippen LogP contribution in [0.1, 0.15) is 35.6 Å². The lowest BCUT2D eigenvalue weighted by Crippen LogP contribution is -2.56. The molecule has 38 heavy (non-hydrogen) atoms. The molecule has 1 heterocycles. The molecule has 0 spiro atoms. The van der Waals surface area contributed by atoms with E-state index >= 15 is 0 Å². The number of hydrogen-bond donors (Lipinski definition) is 5. The summed E-state index contributed by atoms with van der Waals surface area (Å²) in [5, 5.41) is 31.4. The van der Waals surface area contributed by atoms with Crippen molar-refractivity contribution in [3.05, 3.63) is 88.3 Å². The first-order chi connectivity index (χ1) is 18.5. The number of carbonyl (C=O) groups excluding carboxylic acids is 1. The van der Waals surface area contributed by atoms with Crippen molar-refractivity contribution < 1.29 is 29.6 Å². The van der Waals surface area contributed by atoms with Gasteiger partial charge in [0.05, 0.1) is 32.4 Å². The number of azide groups is 1. The third kappa shape index (κ3) is 6.68. The second kappa shape index (κ2) is 14.1. The van der Waals surface area contributed by atoms with E-state index in [1.54, 1.807) is 54.6 Å². The number of ether oxygens (including phenoxy) is 2. The fraction of sp³-hybridized carbons (Fsp3) is 0.385. The van der Waals surface area contributed by atoms with Gasteiger partial charge in [-0.2, -0.15) is 0 Å². The molecule has 202 valence electrons. The van der Waals surface area contributed by atoms with Crippen molar-refractivity contribution in [3.8, 4) is 5.75 Å². The number of rotatable bonds is 15. The molecular weight excluding hydrogens is 492 g/mol. The Balaban J connectivity index is 2.03. The standard InChI is InChI=1S/C26H32N6O6/c1-2-12-26(25(36)31-30-20(16-34)17-35)23(22-7-4-3-6-19(22)15-28-32-27)38-24(29-26)18-8-10-21(11-9-18)37-14-5-13-33/h2-4,6-11,20,23,30,33-35H,1,5,12-17H2,(H,31,36)/t23-,26-/m0/s1. The van der Waals surface area contributed by atoms with Crippen LogP contribution in [-0.4, -0.2) is 65.1 Å². The molecule has 2 aromatic rings. The van der Waals surface area contributed by atoms with E-state index in [9.17, 15) is 15.0 Å². The highest BCUT2D eigenvalue weighted by Gasteiger charge is 2.53. The van der Waals surface area contributed by atoms with Crippen LogP contribution < -0.4 is 15.6 Å². The highest BCUT2D eigenvalue weighted by Crippen LogP contribution is 2.43. The van der Waals surface area contributed by atoms with Crippen molar-refractivity contribution >= 4 is 11.8 Å². The average molecular weight is 525 g/mol. The molecule has 1 amide bonds. The largest absolute Gasteiger partial charge is 0.494 e. The van der Waals surface area contributed by atoms with Crippen LogP contribution in [0.25, 0.3) is 10.4 Å². The van der Waals surface area contributed by atoms with Crippen LogP contribution in [0.5, 0.6) is 5.75 Å². The maximum Gasteiger partial charge on any atom is 0.266 e. The quantitative estimate of drug-likeness (QED) is 0.0590. The topological polar surface area (TPSA) is 181 Å². The van der Waals surface area contributed by atoms with E-state index in [0.717, 1.165) is 0 Å². The Morgan fingerprint density at radius 3 is 2.63 bits per heavy atom. The summed E-state index contributed by atoms with van der Waals surface area (Å²) >= 11 is 0. The molecule has 0 bridgehead atoms. The Bertz CT molecular complexity index is 1160. The van der Waals surface area contributed by atoms with E-state index in [4.69, 9.17) is 25.1 Å². The smallest absolute Gasteiger partial charge is 0.266 e. The molecule has 0 radical (unpaired) electrons. The van der Waals surface area contributed by atoms with Gasteiger partial charge in [0.15, 0.2) is 11.6 Å². The lowest BCUT2D eigenvalue weighted by Gasteiger charge is -2.31. The molecule has 0 saturated heterocycles. The zero-order valence-corrected chi connectivity index (χ0v) is 20.9. The predicted molar refractivity (Wildman–Crippen MR) is 140 cm³/mol. The molecule has 0 fully saturated rings. The minimum atomic E-state index is -1.51. The average Bonchev–Trinajstić information content (AvgIpc) is 3.33. The first kappa shape index (κ1) is 28.6. The van der Waals surface area contributed by atoms with Crippen LogP contribution in [0.3, 0.4) is 0 Å². The summed E-state index contributed by atoms with van der Waals surface area (Å²) in [6, 6.07) is 13.4. The number of hydrazine groups is 1. The number of aliphatic imine (C=N–C) groups is 1. The van der Waals surface area contributed by atoms with Crippen molar-refractivity contribution in [1.82, 2.24) is 10.9 Å². The molecule has 1 aliphatic rings. The molecule has 1 aliphatic heterocycles. The van der Waals surface area contributed by atoms with Gasteiger partial charge in [0.25, 0.3) is 5.91 Å². The third-order valence-corrected chi connectivity index (χ3v) is 5.96. The minimum absolute atomic E-state index is 0.0327. The highest BCUT2D eigenvalue weighted by molar-refractivity contribution is 6.01. The normalized spacial score (nSPS) is 18.3. The number of benzene rings is 2. The van der Waals surface area contributed by atoms with Crippen molar-refractivity contribution in [1.29, 1.82) is 0 Å². The first-order valence-electron chi connectivity index (χ1n) is 12.1. The molecule has 0 aliphatic carbocycles. The third-order valence-electron chi connectivity index (χ3n) is 5.96. The summed E-state index contributed by atoms with van der Waals surface area (Å²) < 4.78 is 11.9. The van der Waals surface area contributed by atoms with Crippen LogP contribution in [0, 0.1) is 0 Å². The zero-order valence-electron chi connectivity index (χ0n) is 20.9. The Morgan fingerprint density at radius 2 is 1.97 bits per heavy atom. The number of nitrogens with one attached hydrogen (secondary N) is 2. The second-order valence-electron chi connectivity index (χ2n) is 8.53. The van der Waals surface area contributed by atoms with Gasteiger partial charge in [0.2, 0.25) is 5.90 Å². The van der Waals surface area contributed by atoms with Gasteiger partial charge in [-0.15, -0.1) is 6.58 Å². The molecule has 12 nitrogen and oxygen atoms in total. The van der Waals surface area contributed by atoms with E-state index in [-0.39, 0.29) is 25.5 Å². The predicted octanol–water partition coefficient (Wildman–Crippen LogP) is 2.07. The maximum absolute atomic E-state index is 13.7. The maximum atomic E-state index is 13.7. The molecule has 0 aromatic heterocycles. The zero-order chi connectivity index (χ0) is 27.4. The number of nitrogens with zero attached hydrogens (tertiary/aromatic N) is 4. The van der Waals surface area contributed by atoms with Gasteiger partial charge in [0.1, 0.15) is 5.75 Å². The summed E-state index contributed by atoms with van der Waals surface area (Å²) in [5.74, 6) is 0.260. The fourth-order valence-corrected chi connectivity index (χ4v) is 3.98. The molecule has 3 rings (SSSR count). The van der Waals surface area contributed by atoms with Gasteiger partial charge in [-0.3, -0.25) is 10.2 Å². The van der Waals surface area contributed by atoms with Crippen LogP contribution in [-0.2, 0) is 16.1 Å². The van der Waals surface area contributed by atoms with Crippen molar-refractivity contribution in [2.24, 2.45) is 10.1 Å². The highest BCUT2D eigenvalue weighted by atomic mass is 16.5. The molecule has 5 N–H and O–H groups in total. The molecule has 2 atom stereocenters. The number of aliphatic hydroxyl groups is 3. The first-order valence-corrected chi connectivity index (χ1v) is 12.1. The molecule has 12 heteroatoms. The lowest BCUT2D eigenvalue weighted by atomic mass is 9.83. The Hall–Kier alpha value is -3.93. The Morgan fingerprint density at radius 1 is 1.24 bits per heavy atom. The van der Waals surface area contributed by atoms with Crippen molar-refractivity contribution in [3.63, 3.8) is 0 Å². The van der Waals surface area contributed by atoms with Crippen LogP contribution >= 0.6 is 0 Å². The Labute approximate surface area is 220 Å². The summed E-state index contributed by atoms with van der Waals surface area (Å²) in [6.45, 7) is 3.46. The van der Waals surface area contributed by atoms with Gasteiger partial charge < -0.3 is 24.8 Å². The van der Waals surface area contributed by atoms with Gasteiger partial charge in [-0.05, 0) is 40.9 Å². The minimum Gasteiger partial charge on any atom is -0.494 e. The van der Waals surface area contributed by atoms with Gasteiger partial charge in [-0.25, -0.2) is 10.4 Å². The van der Waals surface area contributed by atoms with Crippen LogP contribution in [0.15, 0.2) is 71.3 Å². The summed E-state index contributed by atoms with van der Waals surface area (Å²) in [6.07, 6.45) is 1.25. The lowest BCUT2D eigenvalue weighted by molar-refractivity contribution is -0.130. The van der Waals surface area contributed by atoms with E-state index in [2.05, 4.69) is 27.5 Å². The van der Waals surface area contributed by atoms with E-state index < -0.39 is 36.8 Å². The summed E-state index contributed by atoms with van der Waals surface area (Å²) in [7, 11) is 0. The van der Waals surface area contributed by atoms with E-state index in [1.165, 1.54) is 0 Å². The SMILES string of the molecule is C=CC[C@]1(C(=O)NNC(CO)CO)N=C(c2ccc(OCCCO)cc2)O[C@H]1c1ccccc1CN=[N+]=[N-]. The summed E-state index contributed by atoms with van der Waals surface area (Å²) in [5.41, 5.74) is 14.4. The monoisotopic (exact) mass is 524 g/mol. The number of carbonyl (C=O) groups is 1. The van der Waals surface area contributed by atoms with Crippen LogP contribution in [0.2, 0.25) is 0 Å². The number of hydrogen-bond acceptors (Lipinski definition) is 9. The van der Waals surface area contributed by atoms with Crippen molar-refractivity contribution in [2.45, 2.75) is 37.1 Å². The van der Waals surface area contributed by atoms with Crippen LogP contribution in [0.4, 0.5) is 0 Å². The van der Waals surface area contributed by atoms with Crippen molar-refractivity contribution in [2.75, 3.05) is 26.4 Å². The molecule has 0 unspecified atom stereocenters. The number of aliphatic hydroxyl groups excluding tert-OH is 3. The van der Waals surface area contributed by atoms with E-state index in [1.807, 2.05) is 0 Å². The molecule has 0 saturated carbocycles.